The van der Waals surface area contributed by atoms with E-state index in [0.717, 1.165) is 6.92 Å². The molecule has 228 valence electrons. The summed E-state index contributed by atoms with van der Waals surface area (Å²) in [5.41, 5.74) is 1.21. The summed E-state index contributed by atoms with van der Waals surface area (Å²) in [4.78, 5) is 25.4. The van der Waals surface area contributed by atoms with E-state index in [4.69, 9.17) is 4.74 Å². The molecule has 0 saturated heterocycles. The quantitative estimate of drug-likeness (QED) is 0.153. The van der Waals surface area contributed by atoms with Crippen molar-refractivity contribution < 1.29 is 37.0 Å². The second-order valence-electron chi connectivity index (χ2n) is 11.6. The number of ether oxygens (including phenoxy) is 1. The number of nitrogens with zero attached hydrogens (tertiary/aromatic N) is 1. The lowest BCUT2D eigenvalue weighted by atomic mass is 9.85. The molecule has 1 heterocycles. The van der Waals surface area contributed by atoms with Gasteiger partial charge in [0.15, 0.2) is 5.88 Å². The van der Waals surface area contributed by atoms with Crippen LogP contribution in [0.1, 0.15) is 56.7 Å². The largest absolute Gasteiger partial charge is 0.494 e. The summed E-state index contributed by atoms with van der Waals surface area (Å²) >= 11 is 0. The highest BCUT2D eigenvalue weighted by atomic mass is 19.4. The van der Waals surface area contributed by atoms with Crippen LogP contribution in [0.2, 0.25) is 0 Å². The first-order valence-corrected chi connectivity index (χ1v) is 13.9. The molecule has 0 saturated carbocycles. The van der Waals surface area contributed by atoms with Crippen LogP contribution in [0.25, 0.3) is 10.8 Å². The van der Waals surface area contributed by atoms with E-state index in [1.807, 2.05) is 0 Å². The van der Waals surface area contributed by atoms with Crippen LogP contribution in [0.3, 0.4) is 0 Å². The number of rotatable bonds is 9. The highest BCUT2D eigenvalue weighted by Crippen LogP contribution is 2.38. The van der Waals surface area contributed by atoms with E-state index in [-0.39, 0.29) is 35.8 Å². The number of hydrogen-bond acceptors (Lipinski definition) is 4. The van der Waals surface area contributed by atoms with E-state index in [1.165, 1.54) is 35.0 Å². The number of nitrogens with one attached hydrogen (secondary N) is 1. The predicted octanol–water partition coefficient (Wildman–Crippen LogP) is 7.73. The summed E-state index contributed by atoms with van der Waals surface area (Å²) in [6.07, 6.45) is -2.73. The van der Waals surface area contributed by atoms with Crippen LogP contribution in [0.15, 0.2) is 72.9 Å². The van der Waals surface area contributed by atoms with Gasteiger partial charge in [-0.2, -0.15) is 13.2 Å². The minimum absolute atomic E-state index is 0.112. The van der Waals surface area contributed by atoms with Crippen LogP contribution >= 0.6 is 0 Å². The van der Waals surface area contributed by atoms with E-state index in [9.17, 15) is 32.3 Å². The van der Waals surface area contributed by atoms with Gasteiger partial charge in [0.1, 0.15) is 11.4 Å². The van der Waals surface area contributed by atoms with E-state index in [1.54, 1.807) is 63.2 Å². The van der Waals surface area contributed by atoms with Crippen molar-refractivity contribution in [2.75, 3.05) is 5.32 Å². The maximum Gasteiger partial charge on any atom is 0.392 e. The Hall–Kier alpha value is -4.34. The fourth-order valence-corrected chi connectivity index (χ4v) is 4.90. The van der Waals surface area contributed by atoms with E-state index in [0.29, 0.717) is 28.6 Å². The number of fused-ring (bicyclic) bond motifs is 1. The number of esters is 1. The van der Waals surface area contributed by atoms with E-state index >= 15 is 0 Å². The highest BCUT2D eigenvalue weighted by molar-refractivity contribution is 5.96. The zero-order chi connectivity index (χ0) is 31.5. The van der Waals surface area contributed by atoms with Gasteiger partial charge in [0.2, 0.25) is 5.91 Å². The molecule has 0 aliphatic carbocycles. The van der Waals surface area contributed by atoms with Gasteiger partial charge >= 0.3 is 12.1 Å². The number of amides is 1. The van der Waals surface area contributed by atoms with Gasteiger partial charge < -0.3 is 19.7 Å². The first kappa shape index (κ1) is 31.6. The van der Waals surface area contributed by atoms with Gasteiger partial charge in [-0.3, -0.25) is 9.59 Å². The average Bonchev–Trinajstić information content (AvgIpc) is 3.23. The number of aromatic hydroxyl groups is 1. The van der Waals surface area contributed by atoms with Gasteiger partial charge in [-0.25, -0.2) is 4.39 Å². The summed E-state index contributed by atoms with van der Waals surface area (Å²) in [7, 11) is 0. The van der Waals surface area contributed by atoms with Gasteiger partial charge in [0, 0.05) is 29.1 Å². The number of alkyl halides is 3. The van der Waals surface area contributed by atoms with Crippen molar-refractivity contribution in [1.29, 1.82) is 0 Å². The molecular weight excluding hydrogens is 564 g/mol. The third-order valence-corrected chi connectivity index (χ3v) is 7.07. The predicted molar refractivity (Wildman–Crippen MR) is 156 cm³/mol. The highest BCUT2D eigenvalue weighted by Gasteiger charge is 2.45. The summed E-state index contributed by atoms with van der Waals surface area (Å²) in [6.45, 7) is 6.41. The molecule has 0 radical (unpaired) electrons. The summed E-state index contributed by atoms with van der Waals surface area (Å²) in [5, 5.41) is 13.7. The molecule has 43 heavy (non-hydrogen) atoms. The summed E-state index contributed by atoms with van der Waals surface area (Å²) < 4.78 is 62.6. The second-order valence-corrected chi connectivity index (χ2v) is 11.6. The molecule has 0 aliphatic heterocycles. The molecule has 2 atom stereocenters. The molecule has 0 fully saturated rings. The molecule has 6 nitrogen and oxygen atoms in total. The molecule has 4 aromatic rings. The second kappa shape index (κ2) is 12.5. The molecule has 2 unspecified atom stereocenters. The molecule has 3 aromatic carbocycles. The zero-order valence-electron chi connectivity index (χ0n) is 24.3. The van der Waals surface area contributed by atoms with Gasteiger partial charge in [0.25, 0.3) is 0 Å². The molecule has 1 amide bonds. The minimum Gasteiger partial charge on any atom is -0.494 e. The third-order valence-electron chi connectivity index (χ3n) is 7.07. The van der Waals surface area contributed by atoms with Crippen molar-refractivity contribution in [3.63, 3.8) is 0 Å². The van der Waals surface area contributed by atoms with Crippen LogP contribution < -0.4 is 5.32 Å². The fourth-order valence-electron chi connectivity index (χ4n) is 4.90. The first-order chi connectivity index (χ1) is 20.1. The topological polar surface area (TPSA) is 80.6 Å². The van der Waals surface area contributed by atoms with Crippen molar-refractivity contribution in [2.45, 2.75) is 64.8 Å². The zero-order valence-corrected chi connectivity index (χ0v) is 24.3. The Bertz CT molecular complexity index is 1600. The number of carbonyl (C=O) groups excluding carboxylic acids is 2. The molecule has 2 N–H and O–H groups in total. The SMILES string of the molecule is CC(C(C(=O)Nc1cccc(CCC(=O)OC(C)(C)C)c1)c1ccc(Cn2cc3c(F)cccc3c2O)cc1)C(F)(F)F. The maximum atomic E-state index is 14.1. The lowest BCUT2D eigenvalue weighted by Gasteiger charge is -2.26. The Kier molecular flexibility index (Phi) is 9.18. The number of anilines is 1. The average molecular weight is 599 g/mol. The van der Waals surface area contributed by atoms with Gasteiger partial charge in [-0.05, 0) is 68.1 Å². The minimum atomic E-state index is -4.64. The third kappa shape index (κ3) is 7.94. The fraction of sp³-hybridized carbons (Fsp3) is 0.333. The van der Waals surface area contributed by atoms with Gasteiger partial charge in [0.05, 0.1) is 18.4 Å². The molecule has 0 aliphatic rings. The lowest BCUT2D eigenvalue weighted by Crippen LogP contribution is -2.34. The number of benzene rings is 3. The summed E-state index contributed by atoms with van der Waals surface area (Å²) in [6, 6.07) is 17.1. The van der Waals surface area contributed by atoms with Crippen molar-refractivity contribution in [3.8, 4) is 5.88 Å². The molecule has 0 spiro atoms. The van der Waals surface area contributed by atoms with E-state index in [2.05, 4.69) is 5.32 Å². The van der Waals surface area contributed by atoms with Crippen LogP contribution in [-0.2, 0) is 27.3 Å². The van der Waals surface area contributed by atoms with Crippen LogP contribution in [0.5, 0.6) is 5.88 Å². The maximum absolute atomic E-state index is 14.1. The Morgan fingerprint density at radius 3 is 2.26 bits per heavy atom. The Morgan fingerprint density at radius 1 is 0.953 bits per heavy atom. The van der Waals surface area contributed by atoms with Crippen molar-refractivity contribution in [3.05, 3.63) is 95.4 Å². The van der Waals surface area contributed by atoms with Crippen LogP contribution in [0.4, 0.5) is 23.2 Å². The standard InChI is InChI=1S/C33H34F4N2O4/c1-20(33(35,36)37)29(30(41)38-24-8-5-7-21(17-24)13-16-28(40)43-32(2,3)4)23-14-11-22(12-15-23)18-39-19-26-25(31(39)42)9-6-10-27(26)34/h5-12,14-15,17,19-20,29,42H,13,16,18H2,1-4H3,(H,38,41). The molecule has 4 rings (SSSR count). The Morgan fingerprint density at radius 2 is 1.63 bits per heavy atom. The van der Waals surface area contributed by atoms with Gasteiger partial charge in [-0.15, -0.1) is 0 Å². The molecular formula is C33H34F4N2O4. The van der Waals surface area contributed by atoms with Crippen molar-refractivity contribution >= 4 is 28.3 Å². The van der Waals surface area contributed by atoms with E-state index < -0.39 is 35.3 Å². The summed E-state index contributed by atoms with van der Waals surface area (Å²) in [5.74, 6) is -5.35. The van der Waals surface area contributed by atoms with Gasteiger partial charge in [-0.1, -0.05) is 49.4 Å². The molecule has 1 aromatic heterocycles. The molecule has 10 heteroatoms. The van der Waals surface area contributed by atoms with Crippen LogP contribution in [0, 0.1) is 11.7 Å². The van der Waals surface area contributed by atoms with Crippen molar-refractivity contribution in [1.82, 2.24) is 4.57 Å². The number of aromatic nitrogens is 1. The van der Waals surface area contributed by atoms with Crippen LogP contribution in [-0.4, -0.2) is 33.3 Å². The normalized spacial score (nSPS) is 13.5. The smallest absolute Gasteiger partial charge is 0.392 e. The Balaban J connectivity index is 1.51. The lowest BCUT2D eigenvalue weighted by molar-refractivity contribution is -0.178. The monoisotopic (exact) mass is 598 g/mol. The number of carbonyl (C=O) groups is 2. The van der Waals surface area contributed by atoms with Crippen molar-refractivity contribution in [2.24, 2.45) is 5.92 Å². The first-order valence-electron chi connectivity index (χ1n) is 13.9. The number of hydrogen-bond donors (Lipinski definition) is 2. The Labute approximate surface area is 247 Å². The number of aryl methyl sites for hydroxylation is 1. The molecule has 0 bridgehead atoms. The number of halogens is 4.